The van der Waals surface area contributed by atoms with Gasteiger partial charge in [-0.3, -0.25) is 9.20 Å². The van der Waals surface area contributed by atoms with Crippen molar-refractivity contribution >= 4 is 34.8 Å². The molecule has 1 amide bonds. The molecule has 0 spiro atoms. The number of carbonyl (C=O) groups is 1. The van der Waals surface area contributed by atoms with Crippen LogP contribution in [0.25, 0.3) is 28.2 Å². The van der Waals surface area contributed by atoms with Gasteiger partial charge >= 0.3 is 0 Å². The Morgan fingerprint density at radius 2 is 1.45 bits per heavy atom. The van der Waals surface area contributed by atoms with Gasteiger partial charge in [0.25, 0.3) is 5.91 Å². The Morgan fingerprint density at radius 3 is 2.10 bits per heavy atom. The van der Waals surface area contributed by atoms with Gasteiger partial charge < -0.3 is 10.2 Å². The normalized spacial score (nSPS) is 14.2. The molecule has 0 saturated carbocycles. The van der Waals surface area contributed by atoms with E-state index in [1.165, 1.54) is 0 Å². The van der Waals surface area contributed by atoms with E-state index in [-0.39, 0.29) is 5.91 Å². The Hall–Kier alpha value is -2.86. The molecular weight excluding hydrogens is 431 g/mol. The second-order valence-corrected chi connectivity index (χ2v) is 8.38. The maximum Gasteiger partial charge on any atom is 0.255 e. The first-order valence-corrected chi connectivity index (χ1v) is 10.9. The first-order valence-electron chi connectivity index (χ1n) is 10.1. The molecule has 0 radical (unpaired) electrons. The van der Waals surface area contributed by atoms with Crippen molar-refractivity contribution in [1.82, 2.24) is 19.6 Å². The summed E-state index contributed by atoms with van der Waals surface area (Å²) in [4.78, 5) is 19.8. The predicted octanol–water partition coefficient (Wildman–Crippen LogP) is 5.02. The fourth-order valence-electron chi connectivity index (χ4n) is 3.91. The molecule has 156 valence electrons. The molecule has 1 fully saturated rings. The van der Waals surface area contributed by atoms with Gasteiger partial charge in [-0.25, -0.2) is 4.98 Å². The number of carbonyl (C=O) groups excluding carboxylic acids is 1. The maximum atomic E-state index is 13.1. The average molecular weight is 451 g/mol. The minimum atomic E-state index is 0.0344. The number of pyridine rings is 1. The molecule has 1 N–H and O–H groups in total. The monoisotopic (exact) mass is 450 g/mol. The van der Waals surface area contributed by atoms with Crippen molar-refractivity contribution in [2.75, 3.05) is 26.2 Å². The van der Waals surface area contributed by atoms with Crippen LogP contribution in [0.5, 0.6) is 0 Å². The molecule has 0 unspecified atom stereocenters. The van der Waals surface area contributed by atoms with Gasteiger partial charge in [-0.2, -0.15) is 0 Å². The molecule has 0 aliphatic carbocycles. The summed E-state index contributed by atoms with van der Waals surface area (Å²) < 4.78 is 1.99. The van der Waals surface area contributed by atoms with Crippen LogP contribution in [-0.2, 0) is 0 Å². The number of benzene rings is 2. The Bertz CT molecular complexity index is 1240. The topological polar surface area (TPSA) is 49.6 Å². The Morgan fingerprint density at radius 1 is 0.839 bits per heavy atom. The van der Waals surface area contributed by atoms with Crippen LogP contribution < -0.4 is 5.32 Å². The van der Waals surface area contributed by atoms with Gasteiger partial charge in [0.2, 0.25) is 0 Å². The summed E-state index contributed by atoms with van der Waals surface area (Å²) in [6, 6.07) is 19.0. The number of aromatic nitrogens is 2. The van der Waals surface area contributed by atoms with Crippen LogP contribution in [-0.4, -0.2) is 46.4 Å². The van der Waals surface area contributed by atoms with Crippen LogP contribution in [0.3, 0.4) is 0 Å². The van der Waals surface area contributed by atoms with Crippen molar-refractivity contribution < 1.29 is 4.79 Å². The highest BCUT2D eigenvalue weighted by Gasteiger charge is 2.21. The number of piperazine rings is 1. The van der Waals surface area contributed by atoms with E-state index in [0.717, 1.165) is 41.3 Å². The summed E-state index contributed by atoms with van der Waals surface area (Å²) in [6.07, 6.45) is 1.88. The van der Waals surface area contributed by atoms with Crippen molar-refractivity contribution in [1.29, 1.82) is 0 Å². The third kappa shape index (κ3) is 3.92. The molecular formula is C24H20Cl2N4O. The largest absolute Gasteiger partial charge is 0.336 e. The summed E-state index contributed by atoms with van der Waals surface area (Å²) in [5.74, 6) is 0.0344. The number of amides is 1. The standard InChI is InChI=1S/C24H20Cl2N4O/c25-19-6-1-16(2-7-19)22-23(17-3-8-20(26)9-4-17)30-15-18(5-10-21(30)28-22)24(31)29-13-11-27-12-14-29/h1-10,15,27H,11-14H2. The molecule has 0 atom stereocenters. The Labute approximate surface area is 190 Å². The molecule has 2 aromatic carbocycles. The van der Waals surface area contributed by atoms with E-state index in [1.807, 2.05) is 76.2 Å². The first kappa shape index (κ1) is 20.1. The van der Waals surface area contributed by atoms with Crippen LogP contribution in [0.4, 0.5) is 0 Å². The van der Waals surface area contributed by atoms with Gasteiger partial charge in [0.05, 0.1) is 17.0 Å². The van der Waals surface area contributed by atoms with Crippen LogP contribution >= 0.6 is 23.2 Å². The first-order chi connectivity index (χ1) is 15.1. The number of imidazole rings is 1. The SMILES string of the molecule is O=C(c1ccc2nc(-c3ccc(Cl)cc3)c(-c3ccc(Cl)cc3)n2c1)N1CCNCC1. The minimum Gasteiger partial charge on any atom is -0.336 e. The fourth-order valence-corrected chi connectivity index (χ4v) is 4.17. The van der Waals surface area contributed by atoms with Crippen molar-refractivity contribution in [2.45, 2.75) is 0 Å². The van der Waals surface area contributed by atoms with Gasteiger partial charge in [0.1, 0.15) is 5.65 Å². The number of nitrogens with one attached hydrogen (secondary N) is 1. The molecule has 4 aromatic rings. The highest BCUT2D eigenvalue weighted by Crippen LogP contribution is 2.34. The second kappa shape index (κ2) is 8.35. The molecule has 2 aromatic heterocycles. The Balaban J connectivity index is 1.67. The smallest absolute Gasteiger partial charge is 0.255 e. The molecule has 0 bridgehead atoms. The predicted molar refractivity (Wildman–Crippen MR) is 125 cm³/mol. The lowest BCUT2D eigenvalue weighted by Crippen LogP contribution is -2.46. The summed E-state index contributed by atoms with van der Waals surface area (Å²) in [7, 11) is 0. The minimum absolute atomic E-state index is 0.0344. The van der Waals surface area contributed by atoms with Crippen LogP contribution in [0.2, 0.25) is 10.0 Å². The van der Waals surface area contributed by atoms with E-state index in [2.05, 4.69) is 5.32 Å². The number of hydrogen-bond acceptors (Lipinski definition) is 3. The molecule has 1 saturated heterocycles. The van der Waals surface area contributed by atoms with Crippen LogP contribution in [0.1, 0.15) is 10.4 Å². The summed E-state index contributed by atoms with van der Waals surface area (Å²) in [5, 5.41) is 4.62. The molecule has 7 heteroatoms. The second-order valence-electron chi connectivity index (χ2n) is 7.51. The van der Waals surface area contributed by atoms with E-state index in [0.29, 0.717) is 28.7 Å². The lowest BCUT2D eigenvalue weighted by Gasteiger charge is -2.27. The molecule has 5 nitrogen and oxygen atoms in total. The van der Waals surface area contributed by atoms with Crippen LogP contribution in [0, 0.1) is 0 Å². The number of rotatable bonds is 3. The van der Waals surface area contributed by atoms with Gasteiger partial charge in [0, 0.05) is 53.5 Å². The Kier molecular flexibility index (Phi) is 5.40. The van der Waals surface area contributed by atoms with E-state index < -0.39 is 0 Å². The summed E-state index contributed by atoms with van der Waals surface area (Å²) >= 11 is 12.2. The number of halogens is 2. The van der Waals surface area contributed by atoms with Crippen molar-refractivity contribution in [3.63, 3.8) is 0 Å². The van der Waals surface area contributed by atoms with Crippen LogP contribution in [0.15, 0.2) is 66.9 Å². The average Bonchev–Trinajstić information content (AvgIpc) is 3.19. The quantitative estimate of drug-likeness (QED) is 0.476. The summed E-state index contributed by atoms with van der Waals surface area (Å²) in [5.41, 5.74) is 5.06. The molecule has 31 heavy (non-hydrogen) atoms. The van der Waals surface area contributed by atoms with E-state index >= 15 is 0 Å². The lowest BCUT2D eigenvalue weighted by atomic mass is 10.0. The van der Waals surface area contributed by atoms with Crippen molar-refractivity contribution in [3.8, 4) is 22.5 Å². The zero-order valence-corrected chi connectivity index (χ0v) is 18.2. The van der Waals surface area contributed by atoms with E-state index in [9.17, 15) is 4.79 Å². The third-order valence-corrected chi connectivity index (χ3v) is 6.01. The highest BCUT2D eigenvalue weighted by atomic mass is 35.5. The number of hydrogen-bond donors (Lipinski definition) is 1. The number of fused-ring (bicyclic) bond motifs is 1. The summed E-state index contributed by atoms with van der Waals surface area (Å²) in [6.45, 7) is 3.05. The van der Waals surface area contributed by atoms with Gasteiger partial charge in [0.15, 0.2) is 0 Å². The molecule has 5 rings (SSSR count). The molecule has 1 aliphatic rings. The van der Waals surface area contributed by atoms with Gasteiger partial charge in [-0.1, -0.05) is 47.5 Å². The zero-order valence-electron chi connectivity index (χ0n) is 16.7. The van der Waals surface area contributed by atoms with E-state index in [1.54, 1.807) is 0 Å². The highest BCUT2D eigenvalue weighted by molar-refractivity contribution is 6.31. The lowest BCUT2D eigenvalue weighted by molar-refractivity contribution is 0.0735. The number of nitrogens with zero attached hydrogens (tertiary/aromatic N) is 3. The maximum absolute atomic E-state index is 13.1. The van der Waals surface area contributed by atoms with Crippen molar-refractivity contribution in [2.24, 2.45) is 0 Å². The fraction of sp³-hybridized carbons (Fsp3) is 0.167. The third-order valence-electron chi connectivity index (χ3n) is 5.51. The van der Waals surface area contributed by atoms with Gasteiger partial charge in [-0.05, 0) is 36.4 Å². The zero-order chi connectivity index (χ0) is 21.4. The molecule has 3 heterocycles. The van der Waals surface area contributed by atoms with Crippen molar-refractivity contribution in [3.05, 3.63) is 82.5 Å². The molecule has 1 aliphatic heterocycles. The van der Waals surface area contributed by atoms with E-state index in [4.69, 9.17) is 28.2 Å². The van der Waals surface area contributed by atoms with Gasteiger partial charge in [-0.15, -0.1) is 0 Å².